The van der Waals surface area contributed by atoms with Gasteiger partial charge in [0.25, 0.3) is 0 Å². The normalized spacial score (nSPS) is 51.3. The standard InChI is InChI=1S/C66H104O31/c1-12-25(2)55(85)97-52-53(88-27(4)70)66(24-69)29(19-61(52,5)6)28-13-14-34-63(9)17-16-35(62(7,8)33(63)15-18-64(34,10)65(28,11)20-36(66)92-57-45(80)42(77)39(74)31(21-67)89-57)91-60-51(96-58-46(81)43(78)40(75)32(22-68)90-58)48(47(82)49(94-60)54(83)84)93-59-50(38(73)30(71)23-86-59)95-56-44(79)41(76)37(72)26(3)87-56/h12-13,26,29-53,56-60,67-69,71-82H,14-24H2,1-11H3,(H,83,84)/b25-12-/t26?,29-,30-,31+,32+,33-,34+,35-,36+,37?,38-,39+,40-,41?,42-,43-,44?,45+,46+,47-,48-,49-,50+,51+,52-,53-,56?,57-,58-,59-,60+,63-,64+,65+,66-/m0/s1. The van der Waals surface area contributed by atoms with E-state index in [4.69, 9.17) is 56.8 Å². The summed E-state index contributed by atoms with van der Waals surface area (Å²) in [5.41, 5.74) is -4.38. The number of fused-ring (bicyclic) bond motifs is 7. The molecule has 0 amide bonds. The summed E-state index contributed by atoms with van der Waals surface area (Å²) in [7, 11) is 0. The number of aliphatic hydroxyl groups excluding tert-OH is 15. The van der Waals surface area contributed by atoms with Gasteiger partial charge in [0.05, 0.1) is 50.2 Å². The van der Waals surface area contributed by atoms with Crippen molar-refractivity contribution in [3.8, 4) is 0 Å². The lowest BCUT2D eigenvalue weighted by Crippen LogP contribution is -2.73. The summed E-state index contributed by atoms with van der Waals surface area (Å²) in [5.74, 6) is -4.23. The second-order valence-electron chi connectivity index (χ2n) is 30.8. The number of aliphatic hydroxyl groups is 15. The molecule has 0 aromatic carbocycles. The van der Waals surface area contributed by atoms with Crippen LogP contribution in [0.25, 0.3) is 0 Å². The molecule has 97 heavy (non-hydrogen) atoms. The molecule has 5 aliphatic heterocycles. The third-order valence-electron chi connectivity index (χ3n) is 24.7. The Morgan fingerprint density at radius 3 is 1.70 bits per heavy atom. The first-order valence-electron chi connectivity index (χ1n) is 33.8. The average Bonchev–Trinajstić information content (AvgIpc) is 0.668. The fraction of sp³-hybridized carbons (Fsp3) is 0.894. The van der Waals surface area contributed by atoms with Crippen LogP contribution in [0.2, 0.25) is 0 Å². The Hall–Kier alpha value is -3.11. The molecule has 10 rings (SSSR count). The smallest absolute Gasteiger partial charge is 0.335 e. The highest BCUT2D eigenvalue weighted by Crippen LogP contribution is 2.76. The molecule has 16 N–H and O–H groups in total. The highest BCUT2D eigenvalue weighted by molar-refractivity contribution is 5.87. The number of carbonyl (C=O) groups excluding carboxylic acids is 2. The summed E-state index contributed by atoms with van der Waals surface area (Å²) in [5, 5.41) is 177. The average molecular weight is 1390 g/mol. The zero-order chi connectivity index (χ0) is 71.5. The van der Waals surface area contributed by atoms with E-state index in [-0.39, 0.29) is 36.7 Å². The van der Waals surface area contributed by atoms with Crippen molar-refractivity contribution in [2.75, 3.05) is 26.4 Å². The molecule has 5 aliphatic carbocycles. The number of allylic oxidation sites excluding steroid dienone is 3. The lowest BCUT2D eigenvalue weighted by Gasteiger charge is -2.73. The third-order valence-corrected chi connectivity index (χ3v) is 24.7. The van der Waals surface area contributed by atoms with Gasteiger partial charge in [0.15, 0.2) is 37.6 Å². The van der Waals surface area contributed by atoms with Gasteiger partial charge in [-0.15, -0.1) is 0 Å². The van der Waals surface area contributed by atoms with Gasteiger partial charge < -0.3 is 139 Å². The predicted octanol–water partition coefficient (Wildman–Crippen LogP) is -2.98. The van der Waals surface area contributed by atoms with Crippen molar-refractivity contribution in [2.24, 2.45) is 50.2 Å². The second kappa shape index (κ2) is 28.5. The number of hydrogen-bond acceptors (Lipinski definition) is 30. The fourth-order valence-electron chi connectivity index (χ4n) is 18.8. The molecule has 0 spiro atoms. The van der Waals surface area contributed by atoms with E-state index in [1.807, 2.05) is 27.7 Å². The summed E-state index contributed by atoms with van der Waals surface area (Å²) in [6.45, 7) is 17.1. The van der Waals surface area contributed by atoms with E-state index in [9.17, 15) is 96.1 Å². The number of carboxylic acid groups (broad SMARTS) is 1. The summed E-state index contributed by atoms with van der Waals surface area (Å²) >= 11 is 0. The van der Waals surface area contributed by atoms with Gasteiger partial charge in [-0.1, -0.05) is 66.2 Å². The molecule has 5 saturated heterocycles. The van der Waals surface area contributed by atoms with Crippen LogP contribution in [-0.4, -0.2) is 298 Å². The van der Waals surface area contributed by atoms with E-state index < -0.39 is 255 Å². The molecule has 0 radical (unpaired) electrons. The molecule has 35 atom stereocenters. The maximum atomic E-state index is 13.9. The number of hydrogen-bond donors (Lipinski definition) is 16. The van der Waals surface area contributed by atoms with Crippen molar-refractivity contribution in [1.29, 1.82) is 0 Å². The van der Waals surface area contributed by atoms with Crippen molar-refractivity contribution in [2.45, 2.75) is 293 Å². The zero-order valence-electron chi connectivity index (χ0n) is 56.6. The summed E-state index contributed by atoms with van der Waals surface area (Å²) in [6, 6.07) is 0. The minimum atomic E-state index is -2.26. The molecule has 0 aromatic rings. The van der Waals surface area contributed by atoms with Gasteiger partial charge in [-0.2, -0.15) is 0 Å². The molecular formula is C66H104O31. The van der Waals surface area contributed by atoms with Crippen LogP contribution in [0, 0.1) is 50.2 Å². The van der Waals surface area contributed by atoms with Gasteiger partial charge in [0, 0.05) is 17.9 Å². The number of ether oxygens (including phenoxy) is 12. The van der Waals surface area contributed by atoms with Crippen LogP contribution >= 0.6 is 0 Å². The van der Waals surface area contributed by atoms with Crippen LogP contribution in [0.3, 0.4) is 0 Å². The number of aliphatic carboxylic acids is 1. The highest BCUT2D eigenvalue weighted by Gasteiger charge is 2.75. The molecule has 554 valence electrons. The quantitative estimate of drug-likeness (QED) is 0.0299. The molecule has 31 heteroatoms. The highest BCUT2D eigenvalue weighted by atomic mass is 16.8. The number of rotatable bonds is 17. The van der Waals surface area contributed by atoms with Gasteiger partial charge in [-0.05, 0) is 105 Å². The number of carbonyl (C=O) groups is 3. The van der Waals surface area contributed by atoms with E-state index in [2.05, 4.69) is 26.8 Å². The predicted molar refractivity (Wildman–Crippen MR) is 325 cm³/mol. The SMILES string of the molecule is C/C=C(/C)C(=O)O[C@H]1[C@H](OC(C)=O)[C@]2(CO)[C@H](O[C@@H]3O[C@H](CO)[C@@H](O)[C@H](O)[C@H]3O)C[C@]3(C)C(=CC[C@@H]4[C@@]5(C)CC[C@H](O[C@@H]6O[C@H](C(=O)O)[C@@H](O)[C@H](O[C@@H]7OC[C@H](O)[C@H](O)[C@H]7OC7OC(C)C(O)C(O)C7O)[C@H]6O[C@@H]6O[C@H](CO)[C@H](O)[C@H](O)[C@H]6O)C(C)(C)[C@@H]5CC[C@]43C)[C@@H]2CC1(C)C. The van der Waals surface area contributed by atoms with Gasteiger partial charge >= 0.3 is 17.9 Å². The summed E-state index contributed by atoms with van der Waals surface area (Å²) in [4.78, 5) is 40.7. The third kappa shape index (κ3) is 13.0. The first kappa shape index (κ1) is 76.5. The Kier molecular flexibility index (Phi) is 22.5. The molecule has 4 saturated carbocycles. The minimum Gasteiger partial charge on any atom is -0.479 e. The molecule has 0 bridgehead atoms. The number of carboxylic acids is 1. The lowest BCUT2D eigenvalue weighted by atomic mass is 9.33. The monoisotopic (exact) mass is 1390 g/mol. The maximum absolute atomic E-state index is 13.9. The van der Waals surface area contributed by atoms with Gasteiger partial charge in [0.1, 0.15) is 116 Å². The molecule has 9 fully saturated rings. The van der Waals surface area contributed by atoms with E-state index in [0.29, 0.717) is 25.7 Å². The van der Waals surface area contributed by atoms with Crippen LogP contribution in [0.5, 0.6) is 0 Å². The van der Waals surface area contributed by atoms with Gasteiger partial charge in [0.2, 0.25) is 0 Å². The molecule has 0 aromatic heterocycles. The fourth-order valence-corrected chi connectivity index (χ4v) is 18.8. The van der Waals surface area contributed by atoms with Crippen LogP contribution < -0.4 is 0 Å². The summed E-state index contributed by atoms with van der Waals surface area (Å²) in [6.07, 6.45) is -42.6. The first-order chi connectivity index (χ1) is 45.3. The van der Waals surface area contributed by atoms with Crippen molar-refractivity contribution < 1.29 is 153 Å². The Labute approximate surface area is 562 Å². The molecule has 10 aliphatic rings. The lowest BCUT2D eigenvalue weighted by molar-refractivity contribution is -0.400. The summed E-state index contributed by atoms with van der Waals surface area (Å²) < 4.78 is 74.9. The van der Waals surface area contributed by atoms with E-state index >= 15 is 0 Å². The number of esters is 2. The Bertz CT molecular complexity index is 2860. The Morgan fingerprint density at radius 1 is 0.577 bits per heavy atom. The van der Waals surface area contributed by atoms with Crippen LogP contribution in [-0.2, 0) is 71.2 Å². The molecular weight excluding hydrogens is 1290 g/mol. The Morgan fingerprint density at radius 2 is 1.13 bits per heavy atom. The van der Waals surface area contributed by atoms with Crippen molar-refractivity contribution >= 4 is 17.9 Å². The van der Waals surface area contributed by atoms with E-state index in [1.54, 1.807) is 19.9 Å². The minimum absolute atomic E-state index is 0.0658. The van der Waals surface area contributed by atoms with Crippen LogP contribution in [0.1, 0.15) is 121 Å². The first-order valence-corrected chi connectivity index (χ1v) is 33.8. The van der Waals surface area contributed by atoms with Crippen molar-refractivity contribution in [3.63, 3.8) is 0 Å². The topological polar surface area (TPSA) is 486 Å². The zero-order valence-corrected chi connectivity index (χ0v) is 56.6. The molecule has 5 unspecified atom stereocenters. The van der Waals surface area contributed by atoms with Crippen LogP contribution in [0.15, 0.2) is 23.3 Å². The van der Waals surface area contributed by atoms with Crippen molar-refractivity contribution in [1.82, 2.24) is 0 Å². The van der Waals surface area contributed by atoms with Crippen LogP contribution in [0.4, 0.5) is 0 Å². The molecule has 31 nitrogen and oxygen atoms in total. The second-order valence-corrected chi connectivity index (χ2v) is 30.8. The molecule has 5 heterocycles. The Balaban J connectivity index is 1.01. The largest absolute Gasteiger partial charge is 0.479 e. The maximum Gasteiger partial charge on any atom is 0.335 e. The van der Waals surface area contributed by atoms with Gasteiger partial charge in [-0.3, -0.25) is 4.79 Å². The van der Waals surface area contributed by atoms with Gasteiger partial charge in [-0.25, -0.2) is 9.59 Å². The van der Waals surface area contributed by atoms with E-state index in [0.717, 1.165) is 5.57 Å². The van der Waals surface area contributed by atoms with E-state index in [1.165, 1.54) is 13.8 Å². The van der Waals surface area contributed by atoms with Crippen molar-refractivity contribution in [3.05, 3.63) is 23.3 Å².